The van der Waals surface area contributed by atoms with Crippen molar-refractivity contribution >= 4 is 8.18 Å². The maximum Gasteiger partial charge on any atom is 0.258 e. The molecule has 4 heteroatoms. The fourth-order valence-electron chi connectivity index (χ4n) is 2.23. The van der Waals surface area contributed by atoms with Crippen LogP contribution in [0.2, 0.25) is 0 Å². The molecule has 126 valence electrons. The number of nitrogens with one attached hydrogen (secondary N) is 1. The third kappa shape index (κ3) is 17.8. The van der Waals surface area contributed by atoms with E-state index in [4.69, 9.17) is 4.52 Å². The highest BCUT2D eigenvalue weighted by molar-refractivity contribution is 7.36. The summed E-state index contributed by atoms with van der Waals surface area (Å²) < 4.78 is 16.9. The highest BCUT2D eigenvalue weighted by Crippen LogP contribution is 2.17. The first kappa shape index (κ1) is 20.9. The molecule has 1 unspecified atom stereocenters. The Kier molecular flexibility index (Phi) is 17.8. The number of hydrogen-bond acceptors (Lipinski definition) is 2. The van der Waals surface area contributed by atoms with Crippen molar-refractivity contribution in [3.05, 3.63) is 12.7 Å². The van der Waals surface area contributed by atoms with Crippen LogP contribution in [0, 0.1) is 0 Å². The molecule has 0 aliphatic heterocycles. The molecule has 0 heterocycles. The molecule has 21 heavy (non-hydrogen) atoms. The van der Waals surface area contributed by atoms with E-state index in [9.17, 15) is 4.57 Å². The molecule has 0 fully saturated rings. The SMILES string of the molecule is C=CCCCCCN[PH](=O)OCCCCCCCCCC. The van der Waals surface area contributed by atoms with E-state index >= 15 is 0 Å². The van der Waals surface area contributed by atoms with Crippen molar-refractivity contribution in [1.82, 2.24) is 5.09 Å². The van der Waals surface area contributed by atoms with Crippen LogP contribution in [-0.4, -0.2) is 13.2 Å². The van der Waals surface area contributed by atoms with Crippen molar-refractivity contribution in [2.45, 2.75) is 84.0 Å². The van der Waals surface area contributed by atoms with E-state index in [0.717, 1.165) is 32.2 Å². The Bertz CT molecular complexity index is 247. The van der Waals surface area contributed by atoms with Crippen LogP contribution in [0.15, 0.2) is 12.7 Å². The minimum atomic E-state index is -2.01. The summed E-state index contributed by atoms with van der Waals surface area (Å²) in [4.78, 5) is 0. The second-order valence-corrected chi connectivity index (χ2v) is 6.89. The van der Waals surface area contributed by atoms with Gasteiger partial charge in [0.05, 0.1) is 6.61 Å². The molecule has 0 aromatic rings. The summed E-state index contributed by atoms with van der Waals surface area (Å²) in [5.74, 6) is 0. The van der Waals surface area contributed by atoms with Crippen molar-refractivity contribution in [1.29, 1.82) is 0 Å². The van der Waals surface area contributed by atoms with E-state index < -0.39 is 8.18 Å². The predicted molar refractivity (Wildman–Crippen MR) is 94.2 cm³/mol. The quantitative estimate of drug-likeness (QED) is 0.207. The van der Waals surface area contributed by atoms with Gasteiger partial charge in [-0.1, -0.05) is 64.4 Å². The smallest absolute Gasteiger partial charge is 0.258 e. The fourth-order valence-corrected chi connectivity index (χ4v) is 3.05. The van der Waals surface area contributed by atoms with Gasteiger partial charge < -0.3 is 4.52 Å². The zero-order chi connectivity index (χ0) is 15.6. The molecule has 3 nitrogen and oxygen atoms in total. The molecular formula is C17H36NO2P. The molecule has 0 spiro atoms. The lowest BCUT2D eigenvalue weighted by molar-refractivity contribution is 0.309. The van der Waals surface area contributed by atoms with Gasteiger partial charge in [0.2, 0.25) is 0 Å². The standard InChI is InChI=1S/C17H36NO2P/c1-3-5-7-9-10-11-13-15-17-20-21(19)18-16-14-12-8-6-4-2/h4,21H,2-3,5-17H2,1H3,(H,18,19). The van der Waals surface area contributed by atoms with Gasteiger partial charge in [0.25, 0.3) is 8.18 Å². The van der Waals surface area contributed by atoms with Gasteiger partial charge in [-0.15, -0.1) is 6.58 Å². The van der Waals surface area contributed by atoms with E-state index in [1.807, 2.05) is 6.08 Å². The van der Waals surface area contributed by atoms with Crippen LogP contribution in [0.5, 0.6) is 0 Å². The molecule has 1 N–H and O–H groups in total. The van der Waals surface area contributed by atoms with E-state index in [-0.39, 0.29) is 0 Å². The Hall–Kier alpha value is -0.110. The van der Waals surface area contributed by atoms with Gasteiger partial charge in [-0.25, -0.2) is 5.09 Å². The molecule has 0 bridgehead atoms. The van der Waals surface area contributed by atoms with Crippen molar-refractivity contribution in [3.63, 3.8) is 0 Å². The lowest BCUT2D eigenvalue weighted by atomic mass is 10.1. The predicted octanol–water partition coefficient (Wildman–Crippen LogP) is 5.87. The molecule has 0 rings (SSSR count). The van der Waals surface area contributed by atoms with Crippen LogP contribution in [0.4, 0.5) is 0 Å². The number of allylic oxidation sites excluding steroid dienone is 1. The zero-order valence-corrected chi connectivity index (χ0v) is 15.0. The van der Waals surface area contributed by atoms with Crippen molar-refractivity contribution in [2.24, 2.45) is 0 Å². The maximum absolute atomic E-state index is 11.6. The molecule has 1 atom stereocenters. The Labute approximate surface area is 132 Å². The third-order valence-electron chi connectivity index (χ3n) is 3.59. The number of rotatable bonds is 17. The molecule has 0 radical (unpaired) electrons. The van der Waals surface area contributed by atoms with Crippen LogP contribution in [-0.2, 0) is 9.09 Å². The van der Waals surface area contributed by atoms with Gasteiger partial charge in [-0.2, -0.15) is 0 Å². The average molecular weight is 317 g/mol. The number of unbranched alkanes of at least 4 members (excludes halogenated alkanes) is 10. The summed E-state index contributed by atoms with van der Waals surface area (Å²) in [5, 5.41) is 2.98. The Morgan fingerprint density at radius 3 is 2.24 bits per heavy atom. The molecule has 0 aliphatic rings. The molecule has 0 saturated heterocycles. The van der Waals surface area contributed by atoms with Gasteiger partial charge in [0, 0.05) is 6.54 Å². The summed E-state index contributed by atoms with van der Waals surface area (Å²) in [6, 6.07) is 0. The Morgan fingerprint density at radius 1 is 0.952 bits per heavy atom. The van der Waals surface area contributed by atoms with Crippen LogP contribution in [0.3, 0.4) is 0 Å². The second-order valence-electron chi connectivity index (χ2n) is 5.68. The Morgan fingerprint density at radius 2 is 1.57 bits per heavy atom. The van der Waals surface area contributed by atoms with E-state index in [2.05, 4.69) is 18.6 Å². The topological polar surface area (TPSA) is 38.3 Å². The summed E-state index contributed by atoms with van der Waals surface area (Å²) in [7, 11) is -2.01. The third-order valence-corrected chi connectivity index (χ3v) is 4.59. The molecule has 0 amide bonds. The summed E-state index contributed by atoms with van der Waals surface area (Å²) in [6.45, 7) is 7.38. The van der Waals surface area contributed by atoms with Gasteiger partial charge in [-0.3, -0.25) is 4.57 Å². The van der Waals surface area contributed by atoms with E-state index in [0.29, 0.717) is 6.61 Å². The fraction of sp³-hybridized carbons (Fsp3) is 0.882. The first-order valence-corrected chi connectivity index (χ1v) is 10.1. The summed E-state index contributed by atoms with van der Waals surface area (Å²) >= 11 is 0. The summed E-state index contributed by atoms with van der Waals surface area (Å²) in [6.07, 6.45) is 16.7. The highest BCUT2D eigenvalue weighted by atomic mass is 31.1. The van der Waals surface area contributed by atoms with E-state index in [1.54, 1.807) is 0 Å². The first-order chi connectivity index (χ1) is 10.3. The maximum atomic E-state index is 11.6. The monoisotopic (exact) mass is 317 g/mol. The van der Waals surface area contributed by atoms with Crippen LogP contribution in [0.1, 0.15) is 84.0 Å². The van der Waals surface area contributed by atoms with Gasteiger partial charge in [0.15, 0.2) is 0 Å². The second kappa shape index (κ2) is 17.9. The lowest BCUT2D eigenvalue weighted by Crippen LogP contribution is -2.07. The Balaban J connectivity index is 3.14. The first-order valence-electron chi connectivity index (χ1n) is 8.82. The molecule has 0 aromatic heterocycles. The highest BCUT2D eigenvalue weighted by Gasteiger charge is 1.98. The molecular weight excluding hydrogens is 281 g/mol. The van der Waals surface area contributed by atoms with Gasteiger partial charge in [-0.05, 0) is 25.7 Å². The molecule has 0 aliphatic carbocycles. The van der Waals surface area contributed by atoms with Crippen LogP contribution in [0.25, 0.3) is 0 Å². The van der Waals surface area contributed by atoms with Crippen molar-refractivity contribution < 1.29 is 9.09 Å². The minimum Gasteiger partial charge on any atom is -0.320 e. The van der Waals surface area contributed by atoms with Crippen molar-refractivity contribution in [2.75, 3.05) is 13.2 Å². The molecule has 0 aromatic carbocycles. The lowest BCUT2D eigenvalue weighted by Gasteiger charge is -2.06. The van der Waals surface area contributed by atoms with Crippen molar-refractivity contribution in [3.8, 4) is 0 Å². The largest absolute Gasteiger partial charge is 0.320 e. The zero-order valence-electron chi connectivity index (χ0n) is 14.0. The van der Waals surface area contributed by atoms with Gasteiger partial charge >= 0.3 is 0 Å². The minimum absolute atomic E-state index is 0.635. The van der Waals surface area contributed by atoms with Gasteiger partial charge in [0.1, 0.15) is 0 Å². The number of hydrogen-bond donors (Lipinski definition) is 1. The summed E-state index contributed by atoms with van der Waals surface area (Å²) in [5.41, 5.74) is 0. The normalized spacial score (nSPS) is 12.4. The van der Waals surface area contributed by atoms with E-state index in [1.165, 1.54) is 51.4 Å². The molecule has 0 saturated carbocycles. The van der Waals surface area contributed by atoms with Crippen LogP contribution < -0.4 is 5.09 Å². The average Bonchev–Trinajstić information content (AvgIpc) is 2.49. The van der Waals surface area contributed by atoms with Crippen LogP contribution >= 0.6 is 8.18 Å².